The molecule has 0 N–H and O–H groups in total. The van der Waals surface area contributed by atoms with Gasteiger partial charge in [-0.15, -0.1) is 0 Å². The molecule has 0 aliphatic rings. The van der Waals surface area contributed by atoms with E-state index in [-0.39, 0.29) is 5.91 Å². The third kappa shape index (κ3) is 2.71. The minimum Gasteiger partial charge on any atom is -0.264 e. The molecule has 0 spiro atoms. The van der Waals surface area contributed by atoms with E-state index in [4.69, 9.17) is 4.54 Å². The first-order chi connectivity index (χ1) is 5.29. The Morgan fingerprint density at radius 1 is 1.36 bits per heavy atom. The molecule has 0 aliphatic heterocycles. The normalized spacial score (nSPS) is 10.3. The van der Waals surface area contributed by atoms with Gasteiger partial charge in [0.2, 0.25) is 5.18 Å². The van der Waals surface area contributed by atoms with Crippen LogP contribution in [0.2, 0.25) is 0 Å². The zero-order chi connectivity index (χ0) is 8.10. The van der Waals surface area contributed by atoms with Gasteiger partial charge >= 0.3 is 11.7 Å². The summed E-state index contributed by atoms with van der Waals surface area (Å²) in [6, 6.07) is 8.94. The molecule has 1 amide bonds. The molecule has 0 fully saturated rings. The maximum Gasteiger partial charge on any atom is 0.399 e. The highest BCUT2D eigenvalue weighted by atomic mass is 16.5. The number of benzene rings is 1. The highest BCUT2D eigenvalue weighted by Gasteiger charge is 2.01. The third-order valence-electron chi connectivity index (χ3n) is 1.02. The number of rotatable bonds is 1. The molecular weight excluding hydrogens is 142 g/mol. The monoisotopic (exact) mass is 150 g/mol. The molecule has 0 unspecified atom stereocenters. The van der Waals surface area contributed by atoms with Gasteiger partial charge < -0.3 is 0 Å². The van der Waals surface area contributed by atoms with Crippen LogP contribution < -0.4 is 0 Å². The summed E-state index contributed by atoms with van der Waals surface area (Å²) in [6.45, 7) is 1.34. The maximum atomic E-state index is 10.3. The lowest BCUT2D eigenvalue weighted by atomic mass is 10.3. The van der Waals surface area contributed by atoms with E-state index in [1.807, 2.05) is 18.2 Å². The number of nitroso groups, excluding NO2 is 1. The molecule has 1 rings (SSSR count). The average molecular weight is 150 g/mol. The Balaban J connectivity index is 2.72. The zero-order valence-corrected chi connectivity index (χ0v) is 6.15. The van der Waals surface area contributed by atoms with Gasteiger partial charge in [-0.3, -0.25) is 4.79 Å². The predicted molar refractivity (Wildman–Crippen MR) is 42.4 cm³/mol. The largest absolute Gasteiger partial charge is 0.399 e. The number of amides is 1. The maximum absolute atomic E-state index is 10.3. The fraction of sp³-hybridized carbons (Fsp3) is 0.125. The molecule has 0 radical (unpaired) electrons. The minimum absolute atomic E-state index is 0.339. The van der Waals surface area contributed by atoms with Crippen LogP contribution in [0.4, 0.5) is 0 Å². The first-order valence-electron chi connectivity index (χ1n) is 3.23. The minimum atomic E-state index is -0.339. The van der Waals surface area contributed by atoms with Crippen LogP contribution in [0.15, 0.2) is 35.5 Å². The van der Waals surface area contributed by atoms with E-state index in [1.54, 1.807) is 12.1 Å². The standard InChI is InChI=1S/C8H8NO2/c1-7(10)9-11-8-5-3-2-4-6-8/h2-6H,1H3/q+1. The number of hydrogen-bond donors (Lipinski definition) is 0. The van der Waals surface area contributed by atoms with Crippen molar-refractivity contribution in [3.63, 3.8) is 0 Å². The highest BCUT2D eigenvalue weighted by molar-refractivity contribution is 5.74. The number of carbonyl (C=O) groups is 1. The van der Waals surface area contributed by atoms with Crippen LogP contribution in [0.1, 0.15) is 6.92 Å². The Morgan fingerprint density at radius 3 is 2.55 bits per heavy atom. The Bertz CT molecular complexity index is 267. The molecule has 0 bridgehead atoms. The van der Waals surface area contributed by atoms with Gasteiger partial charge in [-0.05, 0) is 0 Å². The van der Waals surface area contributed by atoms with Crippen LogP contribution in [-0.4, -0.2) is 5.91 Å². The molecular formula is C8H8NO2+. The van der Waals surface area contributed by atoms with E-state index >= 15 is 0 Å². The van der Waals surface area contributed by atoms with Gasteiger partial charge in [-0.25, -0.2) is 0 Å². The fourth-order valence-corrected chi connectivity index (χ4v) is 0.598. The summed E-state index contributed by atoms with van der Waals surface area (Å²) in [5, 5.41) is 3.26. The Labute approximate surface area is 64.3 Å². The van der Waals surface area contributed by atoms with Crippen LogP contribution in [0, 0.1) is 4.54 Å². The summed E-state index contributed by atoms with van der Waals surface area (Å²) in [5.41, 5.74) is 0. The Morgan fingerprint density at radius 2 is 2.00 bits per heavy atom. The van der Waals surface area contributed by atoms with Gasteiger partial charge in [-0.1, -0.05) is 22.7 Å². The first-order valence-corrected chi connectivity index (χ1v) is 3.23. The summed E-state index contributed by atoms with van der Waals surface area (Å²) >= 11 is 0. The van der Waals surface area contributed by atoms with Crippen molar-refractivity contribution in [2.75, 3.05) is 0 Å². The predicted octanol–water partition coefficient (Wildman–Crippen LogP) is 2.25. The summed E-state index contributed by atoms with van der Waals surface area (Å²) < 4.78 is 4.74. The summed E-state index contributed by atoms with van der Waals surface area (Å²) in [5.74, 6) is 0.233. The van der Waals surface area contributed by atoms with Gasteiger partial charge in [0.05, 0.1) is 0 Å². The molecule has 3 nitrogen and oxygen atoms in total. The van der Waals surface area contributed by atoms with Gasteiger partial charge in [0.15, 0.2) is 0 Å². The third-order valence-corrected chi connectivity index (χ3v) is 1.02. The van der Waals surface area contributed by atoms with Crippen molar-refractivity contribution >= 4 is 5.91 Å². The van der Waals surface area contributed by atoms with Crippen molar-refractivity contribution in [3.8, 4) is 5.75 Å². The van der Waals surface area contributed by atoms with Gasteiger partial charge in [0, 0.05) is 19.1 Å². The van der Waals surface area contributed by atoms with Gasteiger partial charge in [0.25, 0.3) is 0 Å². The molecule has 0 saturated heterocycles. The van der Waals surface area contributed by atoms with Crippen LogP contribution in [0.5, 0.6) is 5.75 Å². The SMILES string of the molecule is CC(=O)N=[O+]c1ccccc1. The Hall–Kier alpha value is -1.51. The second kappa shape index (κ2) is 3.61. The molecule has 11 heavy (non-hydrogen) atoms. The quantitative estimate of drug-likeness (QED) is 0.566. The second-order valence-electron chi connectivity index (χ2n) is 2.01. The van der Waals surface area contributed by atoms with Crippen molar-refractivity contribution in [1.82, 2.24) is 0 Å². The van der Waals surface area contributed by atoms with Gasteiger partial charge in [0.1, 0.15) is 0 Å². The molecule has 0 saturated carbocycles. The summed E-state index contributed by atoms with van der Waals surface area (Å²) in [7, 11) is 0. The van der Waals surface area contributed by atoms with Crippen molar-refractivity contribution in [2.45, 2.75) is 6.92 Å². The lowest BCUT2D eigenvalue weighted by Crippen LogP contribution is -1.77. The van der Waals surface area contributed by atoms with Crippen molar-refractivity contribution in [3.05, 3.63) is 34.9 Å². The fourth-order valence-electron chi connectivity index (χ4n) is 0.598. The smallest absolute Gasteiger partial charge is 0.264 e. The molecule has 0 aromatic heterocycles. The number of hydrogen-bond acceptors (Lipinski definition) is 1. The topological polar surface area (TPSA) is 40.7 Å². The average Bonchev–Trinajstić information content (AvgIpc) is 2.03. The van der Waals surface area contributed by atoms with E-state index in [0.29, 0.717) is 5.75 Å². The van der Waals surface area contributed by atoms with E-state index in [9.17, 15) is 4.79 Å². The van der Waals surface area contributed by atoms with Crippen LogP contribution in [0.3, 0.4) is 0 Å². The lowest BCUT2D eigenvalue weighted by Gasteiger charge is -1.73. The van der Waals surface area contributed by atoms with Crippen molar-refractivity contribution < 1.29 is 4.79 Å². The number of carbonyl (C=O) groups excluding carboxylic acids is 1. The molecule has 0 aliphatic carbocycles. The first kappa shape index (κ1) is 7.60. The van der Waals surface area contributed by atoms with Crippen LogP contribution in [-0.2, 0) is 4.79 Å². The molecule has 0 heterocycles. The number of para-hydroxylation sites is 1. The van der Waals surface area contributed by atoms with Crippen LogP contribution in [0.25, 0.3) is 0 Å². The Kier molecular flexibility index (Phi) is 2.49. The van der Waals surface area contributed by atoms with E-state index < -0.39 is 0 Å². The lowest BCUT2D eigenvalue weighted by molar-refractivity contribution is -0.115. The summed E-state index contributed by atoms with van der Waals surface area (Å²) in [6.07, 6.45) is 0. The van der Waals surface area contributed by atoms with Crippen molar-refractivity contribution in [2.24, 2.45) is 5.18 Å². The molecule has 1 aromatic carbocycles. The number of nitrogens with zero attached hydrogens (tertiary/aromatic N) is 1. The molecule has 56 valence electrons. The zero-order valence-electron chi connectivity index (χ0n) is 6.15. The van der Waals surface area contributed by atoms with Crippen LogP contribution >= 0.6 is 0 Å². The molecule has 1 aromatic rings. The van der Waals surface area contributed by atoms with Crippen molar-refractivity contribution in [1.29, 1.82) is 0 Å². The molecule has 3 heteroatoms. The molecule has 0 atom stereocenters. The van der Waals surface area contributed by atoms with E-state index in [2.05, 4.69) is 5.18 Å². The van der Waals surface area contributed by atoms with Gasteiger partial charge in [-0.2, -0.15) is 0 Å². The van der Waals surface area contributed by atoms with E-state index in [0.717, 1.165) is 0 Å². The summed E-state index contributed by atoms with van der Waals surface area (Å²) in [4.78, 5) is 10.3. The second-order valence-corrected chi connectivity index (χ2v) is 2.01. The highest BCUT2D eigenvalue weighted by Crippen LogP contribution is 2.10. The van der Waals surface area contributed by atoms with E-state index in [1.165, 1.54) is 6.92 Å².